The molecule has 0 spiro atoms. The Morgan fingerprint density at radius 3 is 2.44 bits per heavy atom. The van der Waals surface area contributed by atoms with E-state index in [4.69, 9.17) is 13.9 Å². The second-order valence-corrected chi connectivity index (χ2v) is 11.3. The number of methoxy groups -OCH3 is 1. The molecular formula is C31H34F3N3O8. The highest BCUT2D eigenvalue weighted by Gasteiger charge is 2.27. The molecule has 0 bridgehead atoms. The van der Waals surface area contributed by atoms with Crippen LogP contribution in [0.25, 0.3) is 11.5 Å². The molecule has 3 aromatic rings. The molecule has 11 nitrogen and oxygen atoms in total. The number of alkyl halides is 2. The van der Waals surface area contributed by atoms with Crippen LogP contribution in [0, 0.1) is 11.7 Å². The molecular weight excluding hydrogens is 599 g/mol. The standard InChI is InChI=1S/C31H34F3N3O8/c1-16(36-30(40)45-31(2,3)4)25-21(14-35-26(38)19-7-6-8-20(24(19)32)28(39)41-5)37-27(44-25)18-11-12-22(43-29(33)34)23(13-18)42-15-17-9-10-17/h6-8,11-13,16-17,29H,9-10,14-15H2,1-5H3,(H,35,38)(H,36,40). The summed E-state index contributed by atoms with van der Waals surface area (Å²) in [5.41, 5.74) is -1.10. The first-order valence-electron chi connectivity index (χ1n) is 14.1. The van der Waals surface area contributed by atoms with Gasteiger partial charge in [-0.25, -0.2) is 19.0 Å². The molecule has 1 fully saturated rings. The van der Waals surface area contributed by atoms with Gasteiger partial charge in [0, 0.05) is 5.56 Å². The van der Waals surface area contributed by atoms with Crippen LogP contribution in [0.3, 0.4) is 0 Å². The first-order valence-corrected chi connectivity index (χ1v) is 14.1. The van der Waals surface area contributed by atoms with E-state index < -0.39 is 53.2 Å². The van der Waals surface area contributed by atoms with Gasteiger partial charge in [0.25, 0.3) is 5.91 Å². The average molecular weight is 634 g/mol. The van der Waals surface area contributed by atoms with E-state index in [0.29, 0.717) is 18.1 Å². The van der Waals surface area contributed by atoms with E-state index in [0.717, 1.165) is 20.0 Å². The number of esters is 1. The molecule has 1 atom stereocenters. The Morgan fingerprint density at radius 2 is 1.80 bits per heavy atom. The Kier molecular flexibility index (Phi) is 10.2. The minimum absolute atomic E-state index is 0.0193. The number of halogens is 3. The van der Waals surface area contributed by atoms with Crippen molar-refractivity contribution in [3.05, 3.63) is 64.8 Å². The van der Waals surface area contributed by atoms with Crippen LogP contribution in [-0.4, -0.2) is 48.9 Å². The van der Waals surface area contributed by atoms with Crippen LogP contribution in [0.4, 0.5) is 18.0 Å². The maximum atomic E-state index is 14.9. The number of carbonyl (C=O) groups is 3. The Bertz CT molecular complexity index is 1550. The van der Waals surface area contributed by atoms with Crippen molar-refractivity contribution in [1.29, 1.82) is 0 Å². The normalized spacial score (nSPS) is 13.6. The molecule has 4 rings (SSSR count). The number of hydrogen-bond donors (Lipinski definition) is 2. The lowest BCUT2D eigenvalue weighted by Gasteiger charge is -2.21. The molecule has 1 unspecified atom stereocenters. The number of benzene rings is 2. The SMILES string of the molecule is COC(=O)c1cccc(C(=O)NCc2nc(-c3ccc(OC(F)F)c(OCC4CC4)c3)oc2C(C)NC(=O)OC(C)(C)C)c1F. The molecule has 1 aliphatic carbocycles. The van der Waals surface area contributed by atoms with Crippen molar-refractivity contribution in [3.63, 3.8) is 0 Å². The lowest BCUT2D eigenvalue weighted by atomic mass is 10.1. The summed E-state index contributed by atoms with van der Waals surface area (Å²) in [4.78, 5) is 41.8. The Labute approximate surface area is 257 Å². The predicted molar refractivity (Wildman–Crippen MR) is 153 cm³/mol. The second kappa shape index (κ2) is 13.9. The Hall–Kier alpha value is -4.75. The van der Waals surface area contributed by atoms with Crippen molar-refractivity contribution in [2.24, 2.45) is 5.92 Å². The third kappa shape index (κ3) is 8.89. The van der Waals surface area contributed by atoms with Crippen LogP contribution in [0.5, 0.6) is 11.5 Å². The molecule has 0 aliphatic heterocycles. The van der Waals surface area contributed by atoms with Gasteiger partial charge in [-0.2, -0.15) is 8.78 Å². The highest BCUT2D eigenvalue weighted by molar-refractivity contribution is 5.98. The summed E-state index contributed by atoms with van der Waals surface area (Å²) in [6.45, 7) is 3.67. The molecule has 14 heteroatoms. The lowest BCUT2D eigenvalue weighted by Crippen LogP contribution is -2.34. The van der Waals surface area contributed by atoms with Crippen molar-refractivity contribution < 1.29 is 50.9 Å². The predicted octanol–water partition coefficient (Wildman–Crippen LogP) is 6.17. The largest absolute Gasteiger partial charge is 0.489 e. The number of ether oxygens (including phenoxy) is 4. The number of oxazole rings is 1. The summed E-state index contributed by atoms with van der Waals surface area (Å²) in [7, 11) is 1.09. The van der Waals surface area contributed by atoms with E-state index in [1.807, 2.05) is 0 Å². The highest BCUT2D eigenvalue weighted by atomic mass is 19.3. The number of nitrogens with one attached hydrogen (secondary N) is 2. The maximum absolute atomic E-state index is 14.9. The van der Waals surface area contributed by atoms with Crippen LogP contribution >= 0.6 is 0 Å². The quantitative estimate of drug-likeness (QED) is 0.224. The van der Waals surface area contributed by atoms with Crippen LogP contribution in [0.2, 0.25) is 0 Å². The van der Waals surface area contributed by atoms with Gasteiger partial charge in [-0.15, -0.1) is 0 Å². The third-order valence-electron chi connectivity index (χ3n) is 6.50. The topological polar surface area (TPSA) is 138 Å². The van der Waals surface area contributed by atoms with Crippen molar-refractivity contribution in [2.45, 2.75) is 65.3 Å². The van der Waals surface area contributed by atoms with E-state index in [9.17, 15) is 27.6 Å². The lowest BCUT2D eigenvalue weighted by molar-refractivity contribution is -0.0515. The van der Waals surface area contributed by atoms with Gasteiger partial charge in [0.05, 0.1) is 37.4 Å². The number of hydrogen-bond acceptors (Lipinski definition) is 9. The summed E-state index contributed by atoms with van der Waals surface area (Å²) in [6, 6.07) is 7.08. The van der Waals surface area contributed by atoms with Gasteiger partial charge >= 0.3 is 18.7 Å². The maximum Gasteiger partial charge on any atom is 0.408 e. The summed E-state index contributed by atoms with van der Waals surface area (Å²) in [5, 5.41) is 5.20. The van der Waals surface area contributed by atoms with Crippen molar-refractivity contribution in [1.82, 2.24) is 15.6 Å². The summed E-state index contributed by atoms with van der Waals surface area (Å²) in [5.74, 6) is -2.48. The molecule has 242 valence electrons. The van der Waals surface area contributed by atoms with Gasteiger partial charge in [0.2, 0.25) is 5.89 Å². The summed E-state index contributed by atoms with van der Waals surface area (Å²) >= 11 is 0. The highest BCUT2D eigenvalue weighted by Crippen LogP contribution is 2.37. The van der Waals surface area contributed by atoms with Gasteiger partial charge in [-0.3, -0.25) is 4.79 Å². The van der Waals surface area contributed by atoms with Crippen molar-refractivity contribution >= 4 is 18.0 Å². The molecule has 2 N–H and O–H groups in total. The Balaban J connectivity index is 1.64. The zero-order chi connectivity index (χ0) is 32.9. The van der Waals surface area contributed by atoms with Gasteiger partial charge in [0.15, 0.2) is 17.3 Å². The number of rotatable bonds is 12. The number of carbonyl (C=O) groups excluding carboxylic acids is 3. The fourth-order valence-corrected chi connectivity index (χ4v) is 4.18. The van der Waals surface area contributed by atoms with Crippen molar-refractivity contribution in [3.8, 4) is 23.0 Å². The van der Waals surface area contributed by atoms with Crippen LogP contribution in [0.1, 0.15) is 78.7 Å². The van der Waals surface area contributed by atoms with E-state index in [1.54, 1.807) is 27.7 Å². The monoisotopic (exact) mass is 633 g/mol. The molecule has 1 heterocycles. The number of nitrogens with zero attached hydrogens (tertiary/aromatic N) is 1. The zero-order valence-electron chi connectivity index (χ0n) is 25.4. The van der Waals surface area contributed by atoms with Crippen LogP contribution in [0.15, 0.2) is 40.8 Å². The number of alkyl carbamates (subject to hydrolysis) is 1. The molecule has 1 saturated carbocycles. The fourth-order valence-electron chi connectivity index (χ4n) is 4.18. The van der Waals surface area contributed by atoms with E-state index in [-0.39, 0.29) is 35.4 Å². The van der Waals surface area contributed by atoms with E-state index in [2.05, 4.69) is 25.1 Å². The average Bonchev–Trinajstić information content (AvgIpc) is 3.70. The van der Waals surface area contributed by atoms with Crippen molar-refractivity contribution in [2.75, 3.05) is 13.7 Å². The Morgan fingerprint density at radius 1 is 1.09 bits per heavy atom. The van der Waals surface area contributed by atoms with Crippen LogP contribution in [-0.2, 0) is 16.0 Å². The first-order chi connectivity index (χ1) is 21.3. The zero-order valence-corrected chi connectivity index (χ0v) is 25.4. The number of aromatic nitrogens is 1. The first kappa shape index (κ1) is 33.1. The third-order valence-corrected chi connectivity index (χ3v) is 6.50. The van der Waals surface area contributed by atoms with E-state index in [1.165, 1.54) is 36.4 Å². The molecule has 0 radical (unpaired) electrons. The summed E-state index contributed by atoms with van der Waals surface area (Å²) in [6.07, 6.45) is 1.21. The van der Waals surface area contributed by atoms with Gasteiger partial charge < -0.3 is 34.0 Å². The van der Waals surface area contributed by atoms with Crippen LogP contribution < -0.4 is 20.1 Å². The number of amides is 2. The van der Waals surface area contributed by atoms with Gasteiger partial charge in [-0.05, 0) is 76.8 Å². The minimum Gasteiger partial charge on any atom is -0.489 e. The molecule has 1 aromatic heterocycles. The molecule has 45 heavy (non-hydrogen) atoms. The molecule has 1 aliphatic rings. The van der Waals surface area contributed by atoms with E-state index >= 15 is 0 Å². The fraction of sp³-hybridized carbons (Fsp3) is 0.419. The minimum atomic E-state index is -3.07. The van der Waals surface area contributed by atoms with Gasteiger partial charge in [-0.1, -0.05) is 6.07 Å². The summed E-state index contributed by atoms with van der Waals surface area (Å²) < 4.78 is 67.3. The molecule has 2 amide bonds. The molecule has 2 aromatic carbocycles. The molecule has 0 saturated heterocycles. The van der Waals surface area contributed by atoms with Gasteiger partial charge in [0.1, 0.15) is 17.1 Å². The smallest absolute Gasteiger partial charge is 0.408 e. The second-order valence-electron chi connectivity index (χ2n) is 11.3.